The number of benzene rings is 1. The molecule has 0 N–H and O–H groups in total. The minimum absolute atomic E-state index is 0.000965. The summed E-state index contributed by atoms with van der Waals surface area (Å²) in [5.74, 6) is 0.680. The number of hydrogen-bond donors (Lipinski definition) is 0. The van der Waals surface area contributed by atoms with Gasteiger partial charge in [0.15, 0.2) is 0 Å². The Morgan fingerprint density at radius 3 is 2.87 bits per heavy atom. The maximum atomic E-state index is 13.7. The Labute approximate surface area is 135 Å². The van der Waals surface area contributed by atoms with E-state index in [2.05, 4.69) is 6.92 Å². The van der Waals surface area contributed by atoms with Gasteiger partial charge in [-0.3, -0.25) is 4.79 Å². The van der Waals surface area contributed by atoms with Crippen LogP contribution in [0.2, 0.25) is 0 Å². The Morgan fingerprint density at radius 1 is 1.26 bits per heavy atom. The molecular formula is C19H20FNO2. The smallest absolute Gasteiger partial charge is 0.246 e. The fourth-order valence-corrected chi connectivity index (χ4v) is 2.92. The Bertz CT molecular complexity index is 720. The predicted molar refractivity (Wildman–Crippen MR) is 88.2 cm³/mol. The van der Waals surface area contributed by atoms with Crippen LogP contribution in [0.1, 0.15) is 31.9 Å². The standard InChI is InChI=1S/C19H20FNO2/c1-14-6-4-5-13-21(14)19(22)12-10-15-9-11-18(23-15)16-7-2-3-8-17(16)20/h2-3,7-12,14H,4-6,13H2,1H3/b12-10+. The monoisotopic (exact) mass is 313 g/mol. The van der Waals surface area contributed by atoms with Crippen LogP contribution in [0.15, 0.2) is 46.9 Å². The van der Waals surface area contributed by atoms with E-state index in [1.807, 2.05) is 4.90 Å². The zero-order valence-corrected chi connectivity index (χ0v) is 13.2. The highest BCUT2D eigenvalue weighted by Crippen LogP contribution is 2.25. The van der Waals surface area contributed by atoms with Gasteiger partial charge in [-0.15, -0.1) is 0 Å². The number of carbonyl (C=O) groups is 1. The minimum Gasteiger partial charge on any atom is -0.457 e. The summed E-state index contributed by atoms with van der Waals surface area (Å²) in [5.41, 5.74) is 0.420. The van der Waals surface area contributed by atoms with Gasteiger partial charge in [-0.05, 0) is 56.5 Å². The average Bonchev–Trinajstić information content (AvgIpc) is 3.02. The summed E-state index contributed by atoms with van der Waals surface area (Å²) < 4.78 is 19.4. The van der Waals surface area contributed by atoms with Crippen LogP contribution < -0.4 is 0 Å². The van der Waals surface area contributed by atoms with E-state index in [-0.39, 0.29) is 17.8 Å². The second kappa shape index (κ2) is 6.82. The van der Waals surface area contributed by atoms with Crippen LogP contribution in [0.4, 0.5) is 4.39 Å². The first-order valence-electron chi connectivity index (χ1n) is 7.98. The normalized spacial score (nSPS) is 18.5. The Balaban J connectivity index is 1.71. The minimum atomic E-state index is -0.324. The van der Waals surface area contributed by atoms with Gasteiger partial charge in [0.05, 0.1) is 5.56 Å². The van der Waals surface area contributed by atoms with Gasteiger partial charge in [-0.1, -0.05) is 12.1 Å². The number of furan rings is 1. The molecule has 0 bridgehead atoms. The van der Waals surface area contributed by atoms with Gasteiger partial charge in [0.1, 0.15) is 17.3 Å². The van der Waals surface area contributed by atoms with Crippen molar-refractivity contribution in [3.63, 3.8) is 0 Å². The number of likely N-dealkylation sites (tertiary alicyclic amines) is 1. The maximum absolute atomic E-state index is 13.7. The van der Waals surface area contributed by atoms with Crippen LogP contribution in [0.3, 0.4) is 0 Å². The molecule has 1 fully saturated rings. The molecule has 4 heteroatoms. The number of nitrogens with zero attached hydrogens (tertiary/aromatic N) is 1. The highest BCUT2D eigenvalue weighted by Gasteiger charge is 2.21. The molecule has 0 saturated carbocycles. The highest BCUT2D eigenvalue weighted by atomic mass is 19.1. The van der Waals surface area contributed by atoms with Crippen molar-refractivity contribution in [2.45, 2.75) is 32.2 Å². The van der Waals surface area contributed by atoms with E-state index in [0.717, 1.165) is 19.4 Å². The lowest BCUT2D eigenvalue weighted by molar-refractivity contribution is -0.129. The molecule has 1 amide bonds. The largest absolute Gasteiger partial charge is 0.457 e. The topological polar surface area (TPSA) is 33.5 Å². The molecule has 1 atom stereocenters. The quantitative estimate of drug-likeness (QED) is 0.782. The fourth-order valence-electron chi connectivity index (χ4n) is 2.92. The van der Waals surface area contributed by atoms with Crippen molar-refractivity contribution in [2.24, 2.45) is 0 Å². The summed E-state index contributed by atoms with van der Waals surface area (Å²) in [5, 5.41) is 0. The van der Waals surface area contributed by atoms with Crippen molar-refractivity contribution in [3.05, 3.63) is 54.1 Å². The van der Waals surface area contributed by atoms with Crippen LogP contribution in [0.25, 0.3) is 17.4 Å². The third kappa shape index (κ3) is 3.52. The molecule has 2 aromatic rings. The van der Waals surface area contributed by atoms with E-state index in [1.54, 1.807) is 36.4 Å². The lowest BCUT2D eigenvalue weighted by Gasteiger charge is -2.32. The van der Waals surface area contributed by atoms with Gasteiger partial charge in [0, 0.05) is 18.7 Å². The van der Waals surface area contributed by atoms with Crippen LogP contribution >= 0.6 is 0 Å². The Hall–Kier alpha value is -2.36. The maximum Gasteiger partial charge on any atom is 0.246 e. The third-order valence-corrected chi connectivity index (χ3v) is 4.24. The zero-order chi connectivity index (χ0) is 16.2. The van der Waals surface area contributed by atoms with Gasteiger partial charge in [0.25, 0.3) is 0 Å². The summed E-state index contributed by atoms with van der Waals surface area (Å²) >= 11 is 0. The summed E-state index contributed by atoms with van der Waals surface area (Å²) in [4.78, 5) is 14.1. The first kappa shape index (κ1) is 15.5. The number of carbonyl (C=O) groups excluding carboxylic acids is 1. The summed E-state index contributed by atoms with van der Waals surface area (Å²) in [6, 6.07) is 10.2. The van der Waals surface area contributed by atoms with Crippen molar-refractivity contribution in [1.82, 2.24) is 4.90 Å². The molecule has 1 aliphatic heterocycles. The molecule has 1 saturated heterocycles. The first-order valence-corrected chi connectivity index (χ1v) is 7.98. The number of amides is 1. The molecule has 2 heterocycles. The Morgan fingerprint density at radius 2 is 2.09 bits per heavy atom. The number of hydrogen-bond acceptors (Lipinski definition) is 2. The van der Waals surface area contributed by atoms with E-state index < -0.39 is 0 Å². The molecule has 1 aromatic heterocycles. The van der Waals surface area contributed by atoms with E-state index in [4.69, 9.17) is 4.42 Å². The number of rotatable bonds is 3. The van der Waals surface area contributed by atoms with Gasteiger partial charge < -0.3 is 9.32 Å². The SMILES string of the molecule is CC1CCCCN1C(=O)/C=C/c1ccc(-c2ccccc2F)o1. The second-order valence-electron chi connectivity index (χ2n) is 5.89. The van der Waals surface area contributed by atoms with Crippen LogP contribution in [0.5, 0.6) is 0 Å². The molecule has 3 nitrogen and oxygen atoms in total. The molecule has 1 aromatic carbocycles. The van der Waals surface area contributed by atoms with Crippen LogP contribution in [-0.4, -0.2) is 23.4 Å². The van der Waals surface area contributed by atoms with Gasteiger partial charge in [-0.2, -0.15) is 0 Å². The van der Waals surface area contributed by atoms with Crippen molar-refractivity contribution >= 4 is 12.0 Å². The molecule has 3 rings (SSSR count). The number of halogens is 1. The summed E-state index contributed by atoms with van der Waals surface area (Å²) in [6.07, 6.45) is 6.47. The Kier molecular flexibility index (Phi) is 4.60. The molecule has 0 spiro atoms. The van der Waals surface area contributed by atoms with Crippen molar-refractivity contribution in [3.8, 4) is 11.3 Å². The van der Waals surface area contributed by atoms with Gasteiger partial charge >= 0.3 is 0 Å². The van der Waals surface area contributed by atoms with E-state index in [9.17, 15) is 9.18 Å². The molecular weight excluding hydrogens is 293 g/mol. The molecule has 1 aliphatic rings. The summed E-state index contributed by atoms with van der Waals surface area (Å²) in [7, 11) is 0. The number of piperidine rings is 1. The van der Waals surface area contributed by atoms with E-state index in [0.29, 0.717) is 17.1 Å². The average molecular weight is 313 g/mol. The first-order chi connectivity index (χ1) is 11.1. The molecule has 1 unspecified atom stereocenters. The van der Waals surface area contributed by atoms with Gasteiger partial charge in [-0.25, -0.2) is 4.39 Å². The van der Waals surface area contributed by atoms with E-state index >= 15 is 0 Å². The third-order valence-electron chi connectivity index (χ3n) is 4.24. The lowest BCUT2D eigenvalue weighted by Crippen LogP contribution is -2.41. The van der Waals surface area contributed by atoms with E-state index in [1.165, 1.54) is 18.6 Å². The van der Waals surface area contributed by atoms with Crippen LogP contribution in [0, 0.1) is 5.82 Å². The van der Waals surface area contributed by atoms with Crippen LogP contribution in [-0.2, 0) is 4.79 Å². The van der Waals surface area contributed by atoms with Crippen molar-refractivity contribution in [2.75, 3.05) is 6.54 Å². The molecule has 23 heavy (non-hydrogen) atoms. The van der Waals surface area contributed by atoms with Crippen molar-refractivity contribution in [1.29, 1.82) is 0 Å². The highest BCUT2D eigenvalue weighted by molar-refractivity contribution is 5.91. The lowest BCUT2D eigenvalue weighted by atomic mass is 10.0. The predicted octanol–water partition coefficient (Wildman–Crippen LogP) is 4.50. The van der Waals surface area contributed by atoms with Crippen molar-refractivity contribution < 1.29 is 13.6 Å². The molecule has 0 radical (unpaired) electrons. The fraction of sp³-hybridized carbons (Fsp3) is 0.316. The zero-order valence-electron chi connectivity index (χ0n) is 13.2. The second-order valence-corrected chi connectivity index (χ2v) is 5.89. The molecule has 0 aliphatic carbocycles. The van der Waals surface area contributed by atoms with Gasteiger partial charge in [0.2, 0.25) is 5.91 Å². The summed E-state index contributed by atoms with van der Waals surface area (Å²) in [6.45, 7) is 2.89. The molecule has 120 valence electrons.